The molecule has 25 heavy (non-hydrogen) atoms. The van der Waals surface area contributed by atoms with E-state index in [9.17, 15) is 18.0 Å². The summed E-state index contributed by atoms with van der Waals surface area (Å²) in [6.07, 6.45) is -4.26. The molecular weight excluding hydrogens is 335 g/mol. The van der Waals surface area contributed by atoms with Crippen LogP contribution in [0, 0.1) is 12.8 Å². The molecule has 0 unspecified atom stereocenters. The Bertz CT molecular complexity index is 789. The highest BCUT2D eigenvalue weighted by atomic mass is 19.4. The van der Waals surface area contributed by atoms with Crippen molar-refractivity contribution in [3.05, 3.63) is 46.9 Å². The average molecular weight is 353 g/mol. The number of carboxylic acids is 1. The summed E-state index contributed by atoms with van der Waals surface area (Å²) in [6.45, 7) is 5.34. The van der Waals surface area contributed by atoms with Crippen LogP contribution in [-0.2, 0) is 12.6 Å². The Balaban J connectivity index is 2.38. The van der Waals surface area contributed by atoms with Crippen LogP contribution in [0.25, 0.3) is 0 Å². The van der Waals surface area contributed by atoms with Gasteiger partial charge in [-0.1, -0.05) is 13.8 Å². The van der Waals surface area contributed by atoms with Crippen LogP contribution in [0.3, 0.4) is 0 Å². The molecule has 0 amide bonds. The van der Waals surface area contributed by atoms with E-state index in [4.69, 9.17) is 5.11 Å². The summed E-state index contributed by atoms with van der Waals surface area (Å²) in [5, 5.41) is 11.8. The van der Waals surface area contributed by atoms with Crippen molar-refractivity contribution in [3.8, 4) is 0 Å². The summed E-state index contributed by atoms with van der Waals surface area (Å²) in [5.74, 6) is -0.843. The minimum atomic E-state index is -4.58. The van der Waals surface area contributed by atoms with Gasteiger partial charge >= 0.3 is 12.1 Å². The molecule has 0 saturated heterocycles. The quantitative estimate of drug-likeness (QED) is 0.831. The van der Waals surface area contributed by atoms with Gasteiger partial charge in [-0.15, -0.1) is 0 Å². The zero-order chi connectivity index (χ0) is 18.8. The summed E-state index contributed by atoms with van der Waals surface area (Å²) >= 11 is 0. The first-order chi connectivity index (χ1) is 11.6. The largest absolute Gasteiger partial charge is 0.478 e. The summed E-state index contributed by atoms with van der Waals surface area (Å²) in [4.78, 5) is 18.7. The van der Waals surface area contributed by atoms with Crippen LogP contribution in [0.15, 0.2) is 24.3 Å². The fraction of sp³-hybridized carbons (Fsp3) is 0.353. The molecule has 0 spiro atoms. The second-order valence-electron chi connectivity index (χ2n) is 6.11. The van der Waals surface area contributed by atoms with E-state index >= 15 is 0 Å². The Morgan fingerprint density at radius 3 is 2.44 bits per heavy atom. The number of aryl methyl sites for hydroxylation is 1. The van der Waals surface area contributed by atoms with E-state index in [-0.39, 0.29) is 23.1 Å². The lowest BCUT2D eigenvalue weighted by atomic mass is 10.1. The van der Waals surface area contributed by atoms with Crippen molar-refractivity contribution in [2.75, 3.05) is 5.32 Å². The summed E-state index contributed by atoms with van der Waals surface area (Å²) in [7, 11) is 0. The predicted molar refractivity (Wildman–Crippen MR) is 87.0 cm³/mol. The van der Waals surface area contributed by atoms with E-state index in [0.29, 0.717) is 17.7 Å². The number of hydrogen-bond donors (Lipinski definition) is 2. The van der Waals surface area contributed by atoms with Crippen LogP contribution >= 0.6 is 0 Å². The highest BCUT2D eigenvalue weighted by Crippen LogP contribution is 2.30. The molecule has 2 rings (SSSR count). The number of nitrogens with one attached hydrogen (secondary N) is 1. The number of nitrogens with zero attached hydrogens (tertiary/aromatic N) is 2. The van der Waals surface area contributed by atoms with Gasteiger partial charge in [-0.25, -0.2) is 14.8 Å². The topological polar surface area (TPSA) is 75.1 Å². The van der Waals surface area contributed by atoms with E-state index < -0.39 is 17.8 Å². The minimum Gasteiger partial charge on any atom is -0.478 e. The van der Waals surface area contributed by atoms with Crippen LogP contribution in [-0.4, -0.2) is 21.0 Å². The third-order valence-corrected chi connectivity index (χ3v) is 3.38. The zero-order valence-corrected chi connectivity index (χ0v) is 14.0. The molecule has 0 aliphatic carbocycles. The number of alkyl halides is 3. The highest BCUT2D eigenvalue weighted by molar-refractivity contribution is 5.90. The van der Waals surface area contributed by atoms with E-state index in [1.807, 2.05) is 13.8 Å². The lowest BCUT2D eigenvalue weighted by Crippen LogP contribution is -2.13. The van der Waals surface area contributed by atoms with Crippen molar-refractivity contribution in [1.29, 1.82) is 0 Å². The Morgan fingerprint density at radius 2 is 1.92 bits per heavy atom. The Hall–Kier alpha value is -2.64. The van der Waals surface area contributed by atoms with E-state index in [2.05, 4.69) is 15.3 Å². The van der Waals surface area contributed by atoms with Crippen LogP contribution in [0.5, 0.6) is 0 Å². The lowest BCUT2D eigenvalue weighted by molar-refractivity contribution is -0.141. The molecule has 1 heterocycles. The first kappa shape index (κ1) is 18.7. The summed E-state index contributed by atoms with van der Waals surface area (Å²) < 4.78 is 39.1. The third kappa shape index (κ3) is 4.91. The molecule has 0 radical (unpaired) electrons. The zero-order valence-electron chi connectivity index (χ0n) is 14.0. The molecule has 0 atom stereocenters. The molecular formula is C17H18F3N3O2. The number of halogens is 3. The van der Waals surface area contributed by atoms with E-state index in [1.165, 1.54) is 12.1 Å². The molecule has 8 heteroatoms. The van der Waals surface area contributed by atoms with Crippen LogP contribution < -0.4 is 5.32 Å². The van der Waals surface area contributed by atoms with Crippen molar-refractivity contribution in [2.45, 2.75) is 33.4 Å². The second-order valence-corrected chi connectivity index (χ2v) is 6.11. The standard InChI is InChI=1S/C17H18F3N3O2/c1-9(2)6-14-22-13(17(18,19)20)8-15(23-14)21-11-4-5-12(16(24)25)10(3)7-11/h4-5,7-9H,6H2,1-3H3,(H,24,25)(H,21,22,23). The highest BCUT2D eigenvalue weighted by Gasteiger charge is 2.33. The van der Waals surface area contributed by atoms with Gasteiger partial charge in [-0.2, -0.15) is 13.2 Å². The smallest absolute Gasteiger partial charge is 0.433 e. The predicted octanol–water partition coefficient (Wildman–Crippen LogP) is 4.44. The fourth-order valence-electron chi connectivity index (χ4n) is 2.29. The maximum Gasteiger partial charge on any atom is 0.433 e. The molecule has 0 bridgehead atoms. The van der Waals surface area contributed by atoms with Crippen LogP contribution in [0.2, 0.25) is 0 Å². The molecule has 0 saturated carbocycles. The second kappa shape index (κ2) is 7.08. The van der Waals surface area contributed by atoms with Gasteiger partial charge in [0.2, 0.25) is 0 Å². The van der Waals surface area contributed by atoms with E-state index in [0.717, 1.165) is 6.07 Å². The number of benzene rings is 1. The first-order valence-corrected chi connectivity index (χ1v) is 7.62. The van der Waals surface area contributed by atoms with Gasteiger partial charge in [-0.3, -0.25) is 0 Å². The normalized spacial score (nSPS) is 11.6. The fourth-order valence-corrected chi connectivity index (χ4v) is 2.29. The number of carboxylic acid groups (broad SMARTS) is 1. The number of carbonyl (C=O) groups is 1. The van der Waals surface area contributed by atoms with E-state index in [1.54, 1.807) is 13.0 Å². The maximum atomic E-state index is 13.0. The summed E-state index contributed by atoms with van der Waals surface area (Å²) in [5.41, 5.74) is 0.0547. The van der Waals surface area contributed by atoms with Crippen molar-refractivity contribution < 1.29 is 23.1 Å². The van der Waals surface area contributed by atoms with Crippen molar-refractivity contribution in [2.24, 2.45) is 5.92 Å². The lowest BCUT2D eigenvalue weighted by Gasteiger charge is -2.13. The Kier molecular flexibility index (Phi) is 5.30. The van der Waals surface area contributed by atoms with Gasteiger partial charge in [0.25, 0.3) is 0 Å². The molecule has 5 nitrogen and oxygen atoms in total. The van der Waals surface area contributed by atoms with Gasteiger partial charge in [0.15, 0.2) is 0 Å². The number of aromatic nitrogens is 2. The minimum absolute atomic E-state index is 0.0143. The first-order valence-electron chi connectivity index (χ1n) is 7.62. The third-order valence-electron chi connectivity index (χ3n) is 3.38. The van der Waals surface area contributed by atoms with Gasteiger partial charge in [0.1, 0.15) is 17.3 Å². The van der Waals surface area contributed by atoms with Gasteiger partial charge in [0.05, 0.1) is 5.56 Å². The number of hydrogen-bond acceptors (Lipinski definition) is 4. The molecule has 1 aromatic heterocycles. The number of anilines is 2. The number of aromatic carboxylic acids is 1. The average Bonchev–Trinajstić information content (AvgIpc) is 2.44. The summed E-state index contributed by atoms with van der Waals surface area (Å²) in [6, 6.07) is 5.25. The van der Waals surface area contributed by atoms with Gasteiger partial charge in [0, 0.05) is 18.2 Å². The monoisotopic (exact) mass is 353 g/mol. The van der Waals surface area contributed by atoms with Crippen molar-refractivity contribution >= 4 is 17.5 Å². The molecule has 134 valence electrons. The van der Waals surface area contributed by atoms with Crippen molar-refractivity contribution in [3.63, 3.8) is 0 Å². The Morgan fingerprint density at radius 1 is 1.24 bits per heavy atom. The molecule has 0 aliphatic heterocycles. The molecule has 2 aromatic rings. The Labute approximate surface area is 142 Å². The molecule has 0 fully saturated rings. The van der Waals surface area contributed by atoms with Crippen LogP contribution in [0.4, 0.5) is 24.7 Å². The maximum absolute atomic E-state index is 13.0. The molecule has 0 aliphatic rings. The molecule has 2 N–H and O–H groups in total. The van der Waals surface area contributed by atoms with Crippen molar-refractivity contribution in [1.82, 2.24) is 9.97 Å². The SMILES string of the molecule is Cc1cc(Nc2cc(C(F)(F)F)nc(CC(C)C)n2)ccc1C(=O)O. The van der Waals surface area contributed by atoms with Gasteiger partial charge < -0.3 is 10.4 Å². The van der Waals surface area contributed by atoms with Crippen LogP contribution in [0.1, 0.15) is 41.3 Å². The molecule has 1 aromatic carbocycles. The van der Waals surface area contributed by atoms with Gasteiger partial charge in [-0.05, 0) is 36.6 Å². The number of rotatable bonds is 5.